The predicted octanol–water partition coefficient (Wildman–Crippen LogP) is 2.61. The first-order valence-electron chi connectivity index (χ1n) is 6.30. The number of aliphatic hydroxyl groups excluding tert-OH is 1. The SMILES string of the molecule is CCOc1cc(C)c(Cl)c(C)c1CCC(O)CN. The van der Waals surface area contributed by atoms with E-state index in [2.05, 4.69) is 0 Å². The van der Waals surface area contributed by atoms with Crippen LogP contribution >= 0.6 is 11.6 Å². The normalized spacial score (nSPS) is 12.6. The fourth-order valence-corrected chi connectivity index (χ4v) is 2.15. The summed E-state index contributed by atoms with van der Waals surface area (Å²) in [6.45, 7) is 6.81. The van der Waals surface area contributed by atoms with Crippen molar-refractivity contribution in [3.05, 3.63) is 27.8 Å². The van der Waals surface area contributed by atoms with E-state index in [0.29, 0.717) is 13.0 Å². The van der Waals surface area contributed by atoms with Crippen LogP contribution in [-0.2, 0) is 6.42 Å². The molecule has 0 saturated heterocycles. The summed E-state index contributed by atoms with van der Waals surface area (Å²) in [6.07, 6.45) is 0.870. The minimum absolute atomic E-state index is 0.280. The Labute approximate surface area is 114 Å². The molecule has 0 radical (unpaired) electrons. The van der Waals surface area contributed by atoms with Crippen LogP contribution < -0.4 is 10.5 Å². The molecule has 0 fully saturated rings. The molecule has 0 saturated carbocycles. The molecule has 0 aliphatic rings. The Kier molecular flexibility index (Phi) is 5.93. The number of halogens is 1. The van der Waals surface area contributed by atoms with E-state index in [4.69, 9.17) is 22.1 Å². The second-order valence-corrected chi connectivity index (χ2v) is 4.85. The third-order valence-corrected chi connectivity index (χ3v) is 3.65. The second-order valence-electron chi connectivity index (χ2n) is 4.47. The molecule has 1 aromatic carbocycles. The lowest BCUT2D eigenvalue weighted by Crippen LogP contribution is -2.20. The minimum atomic E-state index is -0.473. The number of aliphatic hydroxyl groups is 1. The molecule has 1 rings (SSSR count). The first-order chi connectivity index (χ1) is 8.51. The van der Waals surface area contributed by atoms with E-state index in [1.165, 1.54) is 0 Å². The highest BCUT2D eigenvalue weighted by Gasteiger charge is 2.14. The molecule has 0 aromatic heterocycles. The Bertz CT molecular complexity index is 407. The van der Waals surface area contributed by atoms with Crippen LogP contribution in [0.5, 0.6) is 5.75 Å². The zero-order valence-corrected chi connectivity index (χ0v) is 12.0. The highest BCUT2D eigenvalue weighted by atomic mass is 35.5. The molecule has 0 spiro atoms. The van der Waals surface area contributed by atoms with Gasteiger partial charge in [0.25, 0.3) is 0 Å². The number of ether oxygens (including phenoxy) is 1. The predicted molar refractivity (Wildman–Crippen MR) is 75.5 cm³/mol. The number of rotatable bonds is 6. The maximum atomic E-state index is 9.56. The molecule has 18 heavy (non-hydrogen) atoms. The Morgan fingerprint density at radius 3 is 2.67 bits per heavy atom. The van der Waals surface area contributed by atoms with Crippen LogP contribution in [0.4, 0.5) is 0 Å². The van der Waals surface area contributed by atoms with Crippen molar-refractivity contribution in [3.63, 3.8) is 0 Å². The maximum absolute atomic E-state index is 9.56. The van der Waals surface area contributed by atoms with Gasteiger partial charge in [-0.25, -0.2) is 0 Å². The van der Waals surface area contributed by atoms with Crippen LogP contribution in [-0.4, -0.2) is 24.4 Å². The molecule has 1 unspecified atom stereocenters. The van der Waals surface area contributed by atoms with Gasteiger partial charge in [-0.15, -0.1) is 0 Å². The highest BCUT2D eigenvalue weighted by molar-refractivity contribution is 6.32. The van der Waals surface area contributed by atoms with E-state index in [1.54, 1.807) is 0 Å². The molecule has 3 nitrogen and oxygen atoms in total. The minimum Gasteiger partial charge on any atom is -0.494 e. The van der Waals surface area contributed by atoms with Gasteiger partial charge in [-0.05, 0) is 56.4 Å². The molecule has 0 aliphatic carbocycles. The van der Waals surface area contributed by atoms with Crippen LogP contribution in [0.25, 0.3) is 0 Å². The Balaban J connectivity index is 3.02. The molecule has 3 N–H and O–H groups in total. The van der Waals surface area contributed by atoms with Gasteiger partial charge in [0.2, 0.25) is 0 Å². The van der Waals surface area contributed by atoms with Gasteiger partial charge in [-0.1, -0.05) is 11.6 Å². The summed E-state index contributed by atoms with van der Waals surface area (Å²) in [6, 6.07) is 1.96. The molecule has 1 atom stereocenters. The topological polar surface area (TPSA) is 55.5 Å². The number of nitrogens with two attached hydrogens (primary N) is 1. The van der Waals surface area contributed by atoms with Crippen molar-refractivity contribution >= 4 is 11.6 Å². The lowest BCUT2D eigenvalue weighted by atomic mass is 9.98. The van der Waals surface area contributed by atoms with E-state index >= 15 is 0 Å². The van der Waals surface area contributed by atoms with E-state index in [1.807, 2.05) is 26.8 Å². The first-order valence-corrected chi connectivity index (χ1v) is 6.68. The van der Waals surface area contributed by atoms with Crippen molar-refractivity contribution in [1.82, 2.24) is 0 Å². The standard InChI is InChI=1S/C14H22ClNO2/c1-4-18-13-7-9(2)14(15)10(3)12(13)6-5-11(17)8-16/h7,11,17H,4-6,8,16H2,1-3H3. The van der Waals surface area contributed by atoms with Gasteiger partial charge in [0.15, 0.2) is 0 Å². The van der Waals surface area contributed by atoms with Crippen LogP contribution in [0.1, 0.15) is 30.0 Å². The zero-order valence-electron chi connectivity index (χ0n) is 11.3. The Morgan fingerprint density at radius 2 is 2.11 bits per heavy atom. The van der Waals surface area contributed by atoms with Crippen LogP contribution in [0.15, 0.2) is 6.07 Å². The van der Waals surface area contributed by atoms with Gasteiger partial charge in [0, 0.05) is 11.6 Å². The quantitative estimate of drug-likeness (QED) is 0.836. The van der Waals surface area contributed by atoms with Gasteiger partial charge in [0.1, 0.15) is 5.75 Å². The van der Waals surface area contributed by atoms with Gasteiger partial charge in [0.05, 0.1) is 12.7 Å². The Morgan fingerprint density at radius 1 is 1.44 bits per heavy atom. The summed E-state index contributed by atoms with van der Waals surface area (Å²) < 4.78 is 5.65. The zero-order chi connectivity index (χ0) is 13.7. The number of benzene rings is 1. The smallest absolute Gasteiger partial charge is 0.123 e. The third kappa shape index (κ3) is 3.61. The number of hydrogen-bond acceptors (Lipinski definition) is 3. The summed E-state index contributed by atoms with van der Waals surface area (Å²) in [5.74, 6) is 0.862. The van der Waals surface area contributed by atoms with Gasteiger partial charge >= 0.3 is 0 Å². The summed E-state index contributed by atoms with van der Waals surface area (Å²) in [4.78, 5) is 0. The van der Waals surface area contributed by atoms with E-state index in [9.17, 15) is 5.11 Å². The van der Waals surface area contributed by atoms with Crippen molar-refractivity contribution in [1.29, 1.82) is 0 Å². The Hall–Kier alpha value is -0.770. The summed E-state index contributed by atoms with van der Waals surface area (Å²) in [5, 5.41) is 10.3. The lowest BCUT2D eigenvalue weighted by Gasteiger charge is -2.17. The average Bonchev–Trinajstić information content (AvgIpc) is 2.35. The molecular weight excluding hydrogens is 250 g/mol. The van der Waals surface area contributed by atoms with Crippen molar-refractivity contribution in [2.45, 2.75) is 39.7 Å². The van der Waals surface area contributed by atoms with Crippen LogP contribution in [0.3, 0.4) is 0 Å². The highest BCUT2D eigenvalue weighted by Crippen LogP contribution is 2.32. The second kappa shape index (κ2) is 6.98. The first kappa shape index (κ1) is 15.3. The van der Waals surface area contributed by atoms with Crippen molar-refractivity contribution in [2.75, 3.05) is 13.2 Å². The molecule has 0 aliphatic heterocycles. The molecule has 1 aromatic rings. The van der Waals surface area contributed by atoms with Gasteiger partial charge in [-0.2, -0.15) is 0 Å². The van der Waals surface area contributed by atoms with Crippen molar-refractivity contribution < 1.29 is 9.84 Å². The third-order valence-electron chi connectivity index (χ3n) is 3.07. The molecule has 0 heterocycles. The van der Waals surface area contributed by atoms with Gasteiger partial charge in [-0.3, -0.25) is 0 Å². The monoisotopic (exact) mass is 271 g/mol. The maximum Gasteiger partial charge on any atom is 0.123 e. The molecule has 0 amide bonds. The number of aryl methyl sites for hydroxylation is 1. The van der Waals surface area contributed by atoms with Crippen LogP contribution in [0, 0.1) is 13.8 Å². The van der Waals surface area contributed by atoms with E-state index < -0.39 is 6.10 Å². The average molecular weight is 272 g/mol. The lowest BCUT2D eigenvalue weighted by molar-refractivity contribution is 0.172. The number of hydrogen-bond donors (Lipinski definition) is 2. The van der Waals surface area contributed by atoms with Gasteiger partial charge < -0.3 is 15.6 Å². The van der Waals surface area contributed by atoms with Crippen molar-refractivity contribution in [2.24, 2.45) is 5.73 Å². The van der Waals surface area contributed by atoms with Crippen molar-refractivity contribution in [3.8, 4) is 5.75 Å². The van der Waals surface area contributed by atoms with E-state index in [-0.39, 0.29) is 6.54 Å². The van der Waals surface area contributed by atoms with E-state index in [0.717, 1.165) is 33.9 Å². The molecule has 0 bridgehead atoms. The molecule has 102 valence electrons. The fraction of sp³-hybridized carbons (Fsp3) is 0.571. The summed E-state index contributed by atoms with van der Waals surface area (Å²) in [7, 11) is 0. The van der Waals surface area contributed by atoms with Crippen LogP contribution in [0.2, 0.25) is 5.02 Å². The molecular formula is C14H22ClNO2. The largest absolute Gasteiger partial charge is 0.494 e. The summed E-state index contributed by atoms with van der Waals surface area (Å²) in [5.41, 5.74) is 8.53. The fourth-order valence-electron chi connectivity index (χ4n) is 1.98. The summed E-state index contributed by atoms with van der Waals surface area (Å²) >= 11 is 6.26. The molecule has 4 heteroatoms.